The SMILES string of the molecule is Fc1ccc(C(F)(F)F)c(CC2=CC3CCC(C2)N3)c1. The number of halogens is 4. The lowest BCUT2D eigenvalue weighted by molar-refractivity contribution is -0.138. The molecule has 108 valence electrons. The Balaban J connectivity index is 1.89. The van der Waals surface area contributed by atoms with Crippen LogP contribution in [0.2, 0.25) is 0 Å². The molecule has 0 aromatic heterocycles. The van der Waals surface area contributed by atoms with Crippen molar-refractivity contribution in [1.82, 2.24) is 5.32 Å². The van der Waals surface area contributed by atoms with E-state index >= 15 is 0 Å². The zero-order valence-corrected chi connectivity index (χ0v) is 10.8. The molecular formula is C15H15F4N. The van der Waals surface area contributed by atoms with Crippen molar-refractivity contribution in [1.29, 1.82) is 0 Å². The van der Waals surface area contributed by atoms with E-state index in [0.717, 1.165) is 43.0 Å². The van der Waals surface area contributed by atoms with Crippen molar-refractivity contribution in [2.24, 2.45) is 0 Å². The molecule has 0 aliphatic carbocycles. The van der Waals surface area contributed by atoms with Gasteiger partial charge in [-0.2, -0.15) is 13.2 Å². The van der Waals surface area contributed by atoms with Gasteiger partial charge >= 0.3 is 6.18 Å². The van der Waals surface area contributed by atoms with E-state index in [1.165, 1.54) is 0 Å². The van der Waals surface area contributed by atoms with Crippen LogP contribution in [0, 0.1) is 5.82 Å². The third-order valence-electron chi connectivity index (χ3n) is 4.01. The summed E-state index contributed by atoms with van der Waals surface area (Å²) in [4.78, 5) is 0. The second-order valence-electron chi connectivity index (χ2n) is 5.55. The van der Waals surface area contributed by atoms with Gasteiger partial charge in [0.2, 0.25) is 0 Å². The van der Waals surface area contributed by atoms with Crippen molar-refractivity contribution in [2.45, 2.75) is 43.9 Å². The highest BCUT2D eigenvalue weighted by atomic mass is 19.4. The van der Waals surface area contributed by atoms with Crippen molar-refractivity contribution in [3.8, 4) is 0 Å². The van der Waals surface area contributed by atoms with E-state index in [1.807, 2.05) is 6.08 Å². The second-order valence-corrected chi connectivity index (χ2v) is 5.55. The topological polar surface area (TPSA) is 12.0 Å². The maximum atomic E-state index is 13.3. The van der Waals surface area contributed by atoms with Gasteiger partial charge in [-0.3, -0.25) is 0 Å². The Morgan fingerprint density at radius 2 is 2.00 bits per heavy atom. The first-order chi connectivity index (χ1) is 9.41. The second kappa shape index (κ2) is 4.88. The molecule has 1 aromatic carbocycles. The van der Waals surface area contributed by atoms with Crippen LogP contribution in [-0.4, -0.2) is 12.1 Å². The lowest BCUT2D eigenvalue weighted by atomic mass is 9.93. The summed E-state index contributed by atoms with van der Waals surface area (Å²) in [5.74, 6) is -0.620. The van der Waals surface area contributed by atoms with Crippen LogP contribution in [0.15, 0.2) is 29.8 Å². The van der Waals surface area contributed by atoms with Gasteiger partial charge in [0.25, 0.3) is 0 Å². The summed E-state index contributed by atoms with van der Waals surface area (Å²) < 4.78 is 52.1. The van der Waals surface area contributed by atoms with Crippen LogP contribution >= 0.6 is 0 Å². The highest BCUT2D eigenvalue weighted by Crippen LogP contribution is 2.35. The largest absolute Gasteiger partial charge is 0.416 e. The summed E-state index contributed by atoms with van der Waals surface area (Å²) in [6.07, 6.45) is 0.596. The van der Waals surface area contributed by atoms with Gasteiger partial charge in [0.05, 0.1) is 5.56 Å². The summed E-state index contributed by atoms with van der Waals surface area (Å²) >= 11 is 0. The van der Waals surface area contributed by atoms with Crippen LogP contribution in [0.1, 0.15) is 30.4 Å². The van der Waals surface area contributed by atoms with Crippen LogP contribution in [0.4, 0.5) is 17.6 Å². The highest BCUT2D eigenvalue weighted by Gasteiger charge is 2.34. The lowest BCUT2D eigenvalue weighted by Crippen LogP contribution is -2.32. The van der Waals surface area contributed by atoms with Gasteiger partial charge in [-0.1, -0.05) is 11.6 Å². The Hall–Kier alpha value is -1.36. The van der Waals surface area contributed by atoms with Crippen molar-refractivity contribution in [3.63, 3.8) is 0 Å². The molecule has 0 amide bonds. The third-order valence-corrected chi connectivity index (χ3v) is 4.01. The monoisotopic (exact) mass is 285 g/mol. The first kappa shape index (κ1) is 13.6. The Morgan fingerprint density at radius 3 is 2.70 bits per heavy atom. The molecule has 2 aliphatic heterocycles. The fourth-order valence-electron chi connectivity index (χ4n) is 3.17. The van der Waals surface area contributed by atoms with Crippen LogP contribution in [0.25, 0.3) is 0 Å². The minimum absolute atomic E-state index is 0.0325. The number of hydrogen-bond donors (Lipinski definition) is 1. The Labute approximate surface area is 114 Å². The van der Waals surface area contributed by atoms with Crippen molar-refractivity contribution >= 4 is 0 Å². The molecule has 2 aliphatic rings. The Morgan fingerprint density at radius 1 is 1.20 bits per heavy atom. The standard InChI is InChI=1S/C15H15F4N/c16-11-1-4-14(15(17,18)19)10(8-11)5-9-6-12-2-3-13(7-9)20-12/h1,4,6,8,12-13,20H,2-3,5,7H2. The van der Waals surface area contributed by atoms with Gasteiger partial charge in [0.1, 0.15) is 5.82 Å². The first-order valence-corrected chi connectivity index (χ1v) is 6.73. The molecule has 0 saturated carbocycles. The summed E-state index contributed by atoms with van der Waals surface area (Å²) in [6, 6.07) is 3.34. The number of rotatable bonds is 2. The maximum Gasteiger partial charge on any atom is 0.416 e. The normalized spacial score (nSPS) is 25.7. The van der Waals surface area contributed by atoms with Gasteiger partial charge in [0.15, 0.2) is 0 Å². The molecule has 1 N–H and O–H groups in total. The Kier molecular flexibility index (Phi) is 3.32. The van der Waals surface area contributed by atoms with Crippen LogP contribution in [0.5, 0.6) is 0 Å². The zero-order valence-electron chi connectivity index (χ0n) is 10.8. The smallest absolute Gasteiger partial charge is 0.307 e. The molecule has 1 aromatic rings. The lowest BCUT2D eigenvalue weighted by Gasteiger charge is -2.22. The fourth-order valence-corrected chi connectivity index (χ4v) is 3.17. The molecule has 3 rings (SSSR count). The number of alkyl halides is 3. The van der Waals surface area contributed by atoms with Gasteiger partial charge in [-0.15, -0.1) is 0 Å². The average Bonchev–Trinajstić information content (AvgIpc) is 2.67. The number of nitrogens with one attached hydrogen (secondary N) is 1. The third kappa shape index (κ3) is 2.73. The maximum absolute atomic E-state index is 13.3. The minimum atomic E-state index is -4.44. The highest BCUT2D eigenvalue weighted by molar-refractivity contribution is 5.35. The molecule has 1 nitrogen and oxygen atoms in total. The average molecular weight is 285 g/mol. The summed E-state index contributed by atoms with van der Waals surface area (Å²) in [5.41, 5.74) is 0.281. The van der Waals surface area contributed by atoms with Crippen LogP contribution < -0.4 is 5.32 Å². The van der Waals surface area contributed by atoms with E-state index in [-0.39, 0.29) is 18.0 Å². The van der Waals surface area contributed by atoms with Gasteiger partial charge in [-0.05, 0) is 49.4 Å². The molecule has 2 unspecified atom stereocenters. The Bertz CT molecular complexity index is 547. The quantitative estimate of drug-likeness (QED) is 0.643. The van der Waals surface area contributed by atoms with E-state index in [9.17, 15) is 17.6 Å². The van der Waals surface area contributed by atoms with Crippen LogP contribution in [-0.2, 0) is 12.6 Å². The van der Waals surface area contributed by atoms with Crippen LogP contribution in [0.3, 0.4) is 0 Å². The molecule has 2 bridgehead atoms. The summed E-state index contributed by atoms with van der Waals surface area (Å²) in [6.45, 7) is 0. The summed E-state index contributed by atoms with van der Waals surface area (Å²) in [7, 11) is 0. The number of fused-ring (bicyclic) bond motifs is 2. The molecule has 1 saturated heterocycles. The molecule has 0 radical (unpaired) electrons. The van der Waals surface area contributed by atoms with Gasteiger partial charge in [0, 0.05) is 12.1 Å². The molecule has 0 spiro atoms. The number of hydrogen-bond acceptors (Lipinski definition) is 1. The predicted molar refractivity (Wildman–Crippen MR) is 67.8 cm³/mol. The molecular weight excluding hydrogens is 270 g/mol. The zero-order chi connectivity index (χ0) is 14.3. The van der Waals surface area contributed by atoms with E-state index in [0.29, 0.717) is 6.04 Å². The van der Waals surface area contributed by atoms with E-state index in [4.69, 9.17) is 0 Å². The van der Waals surface area contributed by atoms with Gasteiger partial charge < -0.3 is 5.32 Å². The van der Waals surface area contributed by atoms with Gasteiger partial charge in [-0.25, -0.2) is 4.39 Å². The molecule has 1 fully saturated rings. The predicted octanol–water partition coefficient (Wildman–Crippen LogP) is 3.84. The first-order valence-electron chi connectivity index (χ1n) is 6.73. The molecule has 5 heteroatoms. The van der Waals surface area contributed by atoms with Crippen molar-refractivity contribution in [2.75, 3.05) is 0 Å². The van der Waals surface area contributed by atoms with E-state index in [1.54, 1.807) is 0 Å². The molecule has 20 heavy (non-hydrogen) atoms. The number of benzene rings is 1. The molecule has 2 heterocycles. The molecule has 2 atom stereocenters. The van der Waals surface area contributed by atoms with E-state index < -0.39 is 17.6 Å². The minimum Gasteiger partial charge on any atom is -0.307 e. The fraction of sp³-hybridized carbons (Fsp3) is 0.467. The van der Waals surface area contributed by atoms with Crippen molar-refractivity contribution in [3.05, 3.63) is 46.8 Å². The van der Waals surface area contributed by atoms with Crippen molar-refractivity contribution < 1.29 is 17.6 Å². The summed E-state index contributed by atoms with van der Waals surface area (Å²) in [5, 5.41) is 3.39. The van der Waals surface area contributed by atoms with E-state index in [2.05, 4.69) is 5.32 Å².